The van der Waals surface area contributed by atoms with Gasteiger partial charge in [0, 0.05) is 6.20 Å². The lowest BCUT2D eigenvalue weighted by Crippen LogP contribution is -2.07. The van der Waals surface area contributed by atoms with Gasteiger partial charge in [0.05, 0.1) is 29.1 Å². The molecule has 0 saturated carbocycles. The van der Waals surface area contributed by atoms with Crippen molar-refractivity contribution in [1.82, 2.24) is 9.97 Å². The first-order chi connectivity index (χ1) is 13.0. The lowest BCUT2D eigenvalue weighted by Gasteiger charge is -2.13. The third-order valence-electron chi connectivity index (χ3n) is 3.92. The number of nitrogens with one attached hydrogen (secondary N) is 2. The molecule has 0 aliphatic rings. The van der Waals surface area contributed by atoms with Gasteiger partial charge in [-0.15, -0.1) is 0 Å². The highest BCUT2D eigenvalue weighted by atomic mass is 35.5. The highest BCUT2D eigenvalue weighted by Gasteiger charge is 2.12. The van der Waals surface area contributed by atoms with Gasteiger partial charge in [-0.3, -0.25) is 0 Å². The Kier molecular flexibility index (Phi) is 5.57. The van der Waals surface area contributed by atoms with Crippen LogP contribution < -0.4 is 10.6 Å². The van der Waals surface area contributed by atoms with Crippen molar-refractivity contribution < 1.29 is 9.53 Å². The van der Waals surface area contributed by atoms with E-state index in [0.717, 1.165) is 16.8 Å². The van der Waals surface area contributed by atoms with E-state index in [1.54, 1.807) is 30.5 Å². The number of carbonyl (C=O) groups is 1. The predicted octanol–water partition coefficient (Wildman–Crippen LogP) is 5.02. The number of benzene rings is 2. The average molecular weight is 383 g/mol. The highest BCUT2D eigenvalue weighted by Crippen LogP contribution is 2.29. The molecule has 6 nitrogen and oxygen atoms in total. The number of aryl methyl sites for hydroxylation is 2. The Morgan fingerprint density at radius 1 is 1.11 bits per heavy atom. The molecule has 0 spiro atoms. The van der Waals surface area contributed by atoms with Crippen molar-refractivity contribution in [3.05, 3.63) is 70.4 Å². The largest absolute Gasteiger partial charge is 0.465 e. The SMILES string of the molecule is COC(=O)c1ccccc1Nc1ccnc(Nc2c(C)cc(C)cc2Cl)n1. The molecule has 1 aromatic heterocycles. The third-order valence-corrected chi connectivity index (χ3v) is 4.22. The van der Waals surface area contributed by atoms with E-state index in [-0.39, 0.29) is 0 Å². The van der Waals surface area contributed by atoms with E-state index in [9.17, 15) is 4.79 Å². The lowest BCUT2D eigenvalue weighted by atomic mass is 10.1. The van der Waals surface area contributed by atoms with Crippen LogP contribution in [-0.4, -0.2) is 23.0 Å². The van der Waals surface area contributed by atoms with Crippen LogP contribution in [0.15, 0.2) is 48.7 Å². The summed E-state index contributed by atoms with van der Waals surface area (Å²) in [7, 11) is 1.35. The molecule has 0 bridgehead atoms. The van der Waals surface area contributed by atoms with Gasteiger partial charge in [-0.1, -0.05) is 29.8 Å². The van der Waals surface area contributed by atoms with Crippen molar-refractivity contribution in [3.63, 3.8) is 0 Å². The molecule has 7 heteroatoms. The Morgan fingerprint density at radius 2 is 1.89 bits per heavy atom. The Morgan fingerprint density at radius 3 is 2.63 bits per heavy atom. The van der Waals surface area contributed by atoms with Gasteiger partial charge in [-0.2, -0.15) is 4.98 Å². The molecule has 0 amide bonds. The molecule has 138 valence electrons. The predicted molar refractivity (Wildman–Crippen MR) is 107 cm³/mol. The molecule has 0 fully saturated rings. The number of nitrogens with zero attached hydrogens (tertiary/aromatic N) is 2. The van der Waals surface area contributed by atoms with Crippen LogP contribution >= 0.6 is 11.6 Å². The van der Waals surface area contributed by atoms with Crippen LogP contribution in [0.2, 0.25) is 5.02 Å². The van der Waals surface area contributed by atoms with Crippen molar-refractivity contribution in [3.8, 4) is 0 Å². The maximum Gasteiger partial charge on any atom is 0.339 e. The second-order valence-electron chi connectivity index (χ2n) is 5.99. The standard InChI is InChI=1S/C20H19ClN4O2/c1-12-10-13(2)18(15(21)11-12)25-20-22-9-8-17(24-20)23-16-7-5-4-6-14(16)19(26)27-3/h4-11H,1-3H3,(H2,22,23,24,25). The molecule has 0 atom stereocenters. The molecule has 0 radical (unpaired) electrons. The van der Waals surface area contributed by atoms with E-state index in [1.165, 1.54) is 7.11 Å². The van der Waals surface area contributed by atoms with Crippen LogP contribution in [0.1, 0.15) is 21.5 Å². The second kappa shape index (κ2) is 8.05. The molecule has 3 aromatic rings. The van der Waals surface area contributed by atoms with Gasteiger partial charge >= 0.3 is 5.97 Å². The lowest BCUT2D eigenvalue weighted by molar-refractivity contribution is 0.0602. The summed E-state index contributed by atoms with van der Waals surface area (Å²) < 4.78 is 4.81. The summed E-state index contributed by atoms with van der Waals surface area (Å²) in [5, 5.41) is 6.89. The van der Waals surface area contributed by atoms with Crippen molar-refractivity contribution in [2.24, 2.45) is 0 Å². The summed E-state index contributed by atoms with van der Waals surface area (Å²) in [6.45, 7) is 3.96. The first-order valence-corrected chi connectivity index (χ1v) is 8.67. The monoisotopic (exact) mass is 382 g/mol. The molecule has 2 aromatic carbocycles. The minimum absolute atomic E-state index is 0.393. The molecule has 3 rings (SSSR count). The van der Waals surface area contributed by atoms with Gasteiger partial charge in [-0.05, 0) is 49.2 Å². The number of hydrogen-bond donors (Lipinski definition) is 2. The molecular formula is C20H19ClN4O2. The molecular weight excluding hydrogens is 364 g/mol. The molecule has 0 saturated heterocycles. The molecule has 0 aliphatic carbocycles. The van der Waals surface area contributed by atoms with Crippen LogP contribution in [0.5, 0.6) is 0 Å². The molecule has 1 heterocycles. The summed E-state index contributed by atoms with van der Waals surface area (Å²) >= 11 is 6.34. The number of anilines is 4. The number of carbonyl (C=O) groups excluding carboxylic acids is 1. The fourth-order valence-corrected chi connectivity index (χ4v) is 3.06. The molecule has 2 N–H and O–H groups in total. The van der Waals surface area contributed by atoms with Crippen molar-refractivity contribution in [2.45, 2.75) is 13.8 Å². The van der Waals surface area contributed by atoms with Gasteiger partial charge in [0.2, 0.25) is 5.95 Å². The number of rotatable bonds is 5. The van der Waals surface area contributed by atoms with E-state index in [0.29, 0.717) is 28.0 Å². The van der Waals surface area contributed by atoms with Crippen molar-refractivity contribution >= 4 is 40.7 Å². The first-order valence-electron chi connectivity index (χ1n) is 8.29. The summed E-state index contributed by atoms with van der Waals surface area (Å²) in [4.78, 5) is 20.6. The van der Waals surface area contributed by atoms with Crippen LogP contribution in [0.3, 0.4) is 0 Å². The zero-order valence-corrected chi connectivity index (χ0v) is 16.0. The van der Waals surface area contributed by atoms with Crippen molar-refractivity contribution in [2.75, 3.05) is 17.7 Å². The fourth-order valence-electron chi connectivity index (χ4n) is 2.69. The number of aromatic nitrogens is 2. The maximum absolute atomic E-state index is 11.9. The summed E-state index contributed by atoms with van der Waals surface area (Å²) in [5.41, 5.74) is 3.86. The fraction of sp³-hybridized carbons (Fsp3) is 0.150. The number of halogens is 1. The first kappa shape index (κ1) is 18.7. The van der Waals surface area contributed by atoms with Crippen molar-refractivity contribution in [1.29, 1.82) is 0 Å². The van der Waals surface area contributed by atoms with Gasteiger partial charge < -0.3 is 15.4 Å². The number of ether oxygens (including phenoxy) is 1. The number of methoxy groups -OCH3 is 1. The van der Waals surface area contributed by atoms with E-state index >= 15 is 0 Å². The molecule has 27 heavy (non-hydrogen) atoms. The zero-order chi connectivity index (χ0) is 19.4. The number of hydrogen-bond acceptors (Lipinski definition) is 6. The van der Waals surface area contributed by atoms with E-state index < -0.39 is 5.97 Å². The average Bonchev–Trinajstić information content (AvgIpc) is 2.65. The summed E-state index contributed by atoms with van der Waals surface area (Å²) in [6.07, 6.45) is 1.62. The van der Waals surface area contributed by atoms with E-state index in [4.69, 9.17) is 16.3 Å². The topological polar surface area (TPSA) is 76.1 Å². The van der Waals surface area contributed by atoms with Crippen LogP contribution in [-0.2, 0) is 4.74 Å². The van der Waals surface area contributed by atoms with Gasteiger partial charge in [0.25, 0.3) is 0 Å². The van der Waals surface area contributed by atoms with Crippen LogP contribution in [0.25, 0.3) is 0 Å². The Balaban J connectivity index is 1.87. The normalized spacial score (nSPS) is 10.4. The Hall–Kier alpha value is -3.12. The van der Waals surface area contributed by atoms with E-state index in [1.807, 2.05) is 32.0 Å². The number of para-hydroxylation sites is 1. The highest BCUT2D eigenvalue weighted by molar-refractivity contribution is 6.33. The molecule has 0 unspecified atom stereocenters. The van der Waals surface area contributed by atoms with E-state index in [2.05, 4.69) is 20.6 Å². The van der Waals surface area contributed by atoms with Gasteiger partial charge in [0.1, 0.15) is 5.82 Å². The smallest absolute Gasteiger partial charge is 0.339 e. The maximum atomic E-state index is 11.9. The van der Waals surface area contributed by atoms with Crippen LogP contribution in [0, 0.1) is 13.8 Å². The minimum Gasteiger partial charge on any atom is -0.465 e. The Bertz CT molecular complexity index is 968. The van der Waals surface area contributed by atoms with Gasteiger partial charge in [-0.25, -0.2) is 9.78 Å². The summed E-state index contributed by atoms with van der Waals surface area (Å²) in [5.74, 6) is 0.502. The quantitative estimate of drug-likeness (QED) is 0.603. The minimum atomic E-state index is -0.424. The third kappa shape index (κ3) is 4.35. The molecule has 0 aliphatic heterocycles. The zero-order valence-electron chi connectivity index (χ0n) is 15.2. The van der Waals surface area contributed by atoms with Crippen LogP contribution in [0.4, 0.5) is 23.1 Å². The van der Waals surface area contributed by atoms with Gasteiger partial charge in [0.15, 0.2) is 0 Å². The summed E-state index contributed by atoms with van der Waals surface area (Å²) in [6, 6.07) is 12.7. The Labute approximate surface area is 162 Å². The number of esters is 1. The second-order valence-corrected chi connectivity index (χ2v) is 6.40.